The van der Waals surface area contributed by atoms with Crippen LogP contribution in [-0.2, 0) is 0 Å². The van der Waals surface area contributed by atoms with Gasteiger partial charge in [-0.05, 0) is 17.5 Å². The summed E-state index contributed by atoms with van der Waals surface area (Å²) in [5.74, 6) is 0.381. The Balaban J connectivity index is 2.52. The van der Waals surface area contributed by atoms with Gasteiger partial charge in [0.15, 0.2) is 0 Å². The summed E-state index contributed by atoms with van der Waals surface area (Å²) in [5.41, 5.74) is 1.51. The lowest BCUT2D eigenvalue weighted by molar-refractivity contribution is 0.147. The fourth-order valence-electron chi connectivity index (χ4n) is 1.48. The first-order chi connectivity index (χ1) is 7.08. The molecule has 2 heterocycles. The Morgan fingerprint density at radius 2 is 1.93 bits per heavy atom. The number of fused-ring (bicyclic) bond motifs is 1. The lowest BCUT2D eigenvalue weighted by Crippen LogP contribution is -1.91. The van der Waals surface area contributed by atoms with Gasteiger partial charge in [0, 0.05) is 12.4 Å². The van der Waals surface area contributed by atoms with Gasteiger partial charge in [0.1, 0.15) is 11.3 Å². The van der Waals surface area contributed by atoms with Crippen LogP contribution in [0.1, 0.15) is 37.4 Å². The third-order valence-electron chi connectivity index (χ3n) is 2.38. The topological polar surface area (TPSA) is 17.3 Å². The Morgan fingerprint density at radius 3 is 2.53 bits per heavy atom. The molecule has 2 aromatic heterocycles. The summed E-state index contributed by atoms with van der Waals surface area (Å²) in [5, 5.41) is 0. The van der Waals surface area contributed by atoms with E-state index in [1.54, 1.807) is 10.5 Å². The summed E-state index contributed by atoms with van der Waals surface area (Å²) in [4.78, 5) is 3.83. The summed E-state index contributed by atoms with van der Waals surface area (Å²) in [6.07, 6.45) is 0.720. The van der Waals surface area contributed by atoms with Gasteiger partial charge in [0.2, 0.25) is 0 Å². The van der Waals surface area contributed by atoms with Crippen LogP contribution in [0.15, 0.2) is 24.5 Å². The fourth-order valence-corrected chi connectivity index (χ4v) is 1.48. The molecule has 0 radical (unpaired) electrons. The van der Waals surface area contributed by atoms with E-state index in [1.807, 2.05) is 12.3 Å². The van der Waals surface area contributed by atoms with Crippen molar-refractivity contribution in [2.24, 2.45) is 0 Å². The Bertz CT molecular complexity index is 468. The van der Waals surface area contributed by atoms with E-state index in [-0.39, 0.29) is 5.69 Å². The number of halogens is 2. The molecule has 0 aromatic carbocycles. The van der Waals surface area contributed by atoms with Crippen LogP contribution in [0.3, 0.4) is 0 Å². The summed E-state index contributed by atoms with van der Waals surface area (Å²) in [6, 6.07) is 3.68. The molecule has 0 aliphatic heterocycles. The first-order valence-corrected chi connectivity index (χ1v) is 4.84. The predicted molar refractivity (Wildman–Crippen MR) is 54.2 cm³/mol. The molecule has 0 bridgehead atoms. The second kappa shape index (κ2) is 3.61. The number of hydrogen-bond acceptors (Lipinski definition) is 1. The highest BCUT2D eigenvalue weighted by Crippen LogP contribution is 2.20. The average molecular weight is 210 g/mol. The van der Waals surface area contributed by atoms with Crippen molar-refractivity contribution < 1.29 is 8.78 Å². The van der Waals surface area contributed by atoms with Crippen LogP contribution in [0, 0.1) is 0 Å². The van der Waals surface area contributed by atoms with Crippen molar-refractivity contribution in [3.63, 3.8) is 0 Å². The molecule has 2 aromatic rings. The van der Waals surface area contributed by atoms with Crippen molar-refractivity contribution in [1.82, 2.24) is 9.38 Å². The van der Waals surface area contributed by atoms with Gasteiger partial charge in [-0.2, -0.15) is 0 Å². The first kappa shape index (κ1) is 10.1. The van der Waals surface area contributed by atoms with E-state index in [0.717, 1.165) is 5.56 Å². The van der Waals surface area contributed by atoms with Crippen molar-refractivity contribution in [3.8, 4) is 0 Å². The van der Waals surface area contributed by atoms with Crippen LogP contribution in [0.4, 0.5) is 8.78 Å². The molecule has 0 spiro atoms. The van der Waals surface area contributed by atoms with Gasteiger partial charge in [0.05, 0.1) is 0 Å². The van der Waals surface area contributed by atoms with Crippen molar-refractivity contribution in [3.05, 3.63) is 35.8 Å². The van der Waals surface area contributed by atoms with Crippen molar-refractivity contribution in [1.29, 1.82) is 0 Å². The molecule has 0 N–H and O–H groups in total. The van der Waals surface area contributed by atoms with Gasteiger partial charge in [-0.15, -0.1) is 0 Å². The minimum Gasteiger partial charge on any atom is -0.306 e. The maximum Gasteiger partial charge on any atom is 0.281 e. The van der Waals surface area contributed by atoms with Crippen molar-refractivity contribution >= 4 is 5.65 Å². The molecule has 0 saturated heterocycles. The summed E-state index contributed by atoms with van der Waals surface area (Å²) >= 11 is 0. The number of hydrogen-bond donors (Lipinski definition) is 0. The second-order valence-electron chi connectivity index (χ2n) is 3.85. The predicted octanol–water partition coefficient (Wildman–Crippen LogP) is 3.40. The third-order valence-corrected chi connectivity index (χ3v) is 2.38. The molecule has 0 atom stereocenters. The molecule has 0 aliphatic rings. The minimum atomic E-state index is -2.51. The van der Waals surface area contributed by atoms with Gasteiger partial charge in [0.25, 0.3) is 6.43 Å². The van der Waals surface area contributed by atoms with Gasteiger partial charge >= 0.3 is 0 Å². The van der Waals surface area contributed by atoms with E-state index in [2.05, 4.69) is 18.8 Å². The summed E-state index contributed by atoms with van der Waals surface area (Å²) < 4.78 is 26.4. The maximum absolute atomic E-state index is 12.4. The molecule has 2 rings (SSSR count). The van der Waals surface area contributed by atoms with E-state index in [0.29, 0.717) is 11.6 Å². The molecule has 15 heavy (non-hydrogen) atoms. The highest BCUT2D eigenvalue weighted by Gasteiger charge is 2.12. The summed E-state index contributed by atoms with van der Waals surface area (Å²) in [7, 11) is 0. The van der Waals surface area contributed by atoms with Crippen molar-refractivity contribution in [2.45, 2.75) is 26.2 Å². The first-order valence-electron chi connectivity index (χ1n) is 4.84. The third kappa shape index (κ3) is 1.84. The van der Waals surface area contributed by atoms with E-state index in [9.17, 15) is 8.78 Å². The quantitative estimate of drug-likeness (QED) is 0.742. The van der Waals surface area contributed by atoms with E-state index >= 15 is 0 Å². The summed E-state index contributed by atoms with van der Waals surface area (Å²) in [6.45, 7) is 4.12. The highest BCUT2D eigenvalue weighted by atomic mass is 19.3. The minimum absolute atomic E-state index is 0.170. The Morgan fingerprint density at radius 1 is 1.20 bits per heavy atom. The molecule has 0 amide bonds. The molecule has 4 heteroatoms. The second-order valence-corrected chi connectivity index (χ2v) is 3.85. The van der Waals surface area contributed by atoms with Crippen molar-refractivity contribution in [2.75, 3.05) is 0 Å². The largest absolute Gasteiger partial charge is 0.306 e. The van der Waals surface area contributed by atoms with Crippen LogP contribution < -0.4 is 0 Å². The molecule has 0 fully saturated rings. The van der Waals surface area contributed by atoms with Crippen LogP contribution in [0.2, 0.25) is 0 Å². The van der Waals surface area contributed by atoms with E-state index < -0.39 is 6.43 Å². The monoisotopic (exact) mass is 210 g/mol. The maximum atomic E-state index is 12.4. The Kier molecular flexibility index (Phi) is 2.42. The number of nitrogens with zero attached hydrogens (tertiary/aromatic N) is 2. The van der Waals surface area contributed by atoms with Gasteiger partial charge in [-0.1, -0.05) is 19.9 Å². The highest BCUT2D eigenvalue weighted by molar-refractivity contribution is 5.42. The normalized spacial score (nSPS) is 11.9. The number of pyridine rings is 1. The number of aromatic nitrogens is 2. The zero-order valence-electron chi connectivity index (χ0n) is 8.61. The van der Waals surface area contributed by atoms with Gasteiger partial charge in [-0.25, -0.2) is 13.8 Å². The Labute approximate surface area is 86.6 Å². The lowest BCUT2D eigenvalue weighted by Gasteiger charge is -2.04. The standard InChI is InChI=1S/C11H12F2N2/c1-7(2)8-3-4-10-14-9(11(12)13)6-15(10)5-8/h3-7,11H,1-2H3. The number of imidazole rings is 1. The average Bonchev–Trinajstić information content (AvgIpc) is 2.59. The zero-order valence-corrected chi connectivity index (χ0v) is 8.61. The van der Waals surface area contributed by atoms with E-state index in [4.69, 9.17) is 0 Å². The Hall–Kier alpha value is -1.45. The zero-order chi connectivity index (χ0) is 11.0. The van der Waals surface area contributed by atoms with Crippen LogP contribution in [0.25, 0.3) is 5.65 Å². The van der Waals surface area contributed by atoms with Gasteiger partial charge < -0.3 is 4.40 Å². The van der Waals surface area contributed by atoms with Crippen LogP contribution >= 0.6 is 0 Å². The van der Waals surface area contributed by atoms with Crippen LogP contribution in [-0.4, -0.2) is 9.38 Å². The lowest BCUT2D eigenvalue weighted by atomic mass is 10.1. The number of alkyl halides is 2. The molecular formula is C11H12F2N2. The fraction of sp³-hybridized carbons (Fsp3) is 0.364. The molecule has 0 unspecified atom stereocenters. The smallest absolute Gasteiger partial charge is 0.281 e. The van der Waals surface area contributed by atoms with Gasteiger partial charge in [-0.3, -0.25) is 0 Å². The SMILES string of the molecule is CC(C)c1ccc2nc(C(F)F)cn2c1. The molecular weight excluding hydrogens is 198 g/mol. The molecule has 0 saturated carbocycles. The molecule has 80 valence electrons. The van der Waals surface area contributed by atoms with Crippen LogP contribution in [0.5, 0.6) is 0 Å². The number of rotatable bonds is 2. The van der Waals surface area contributed by atoms with E-state index in [1.165, 1.54) is 6.20 Å². The molecule has 2 nitrogen and oxygen atoms in total. The molecule has 0 aliphatic carbocycles.